The van der Waals surface area contributed by atoms with Crippen molar-refractivity contribution >= 4 is 45.7 Å². The van der Waals surface area contributed by atoms with Crippen LogP contribution in [0.5, 0.6) is 11.5 Å². The molecule has 1 fully saturated rings. The first-order valence-electron chi connectivity index (χ1n) is 15.4. The predicted molar refractivity (Wildman–Crippen MR) is 179 cm³/mol. The maximum Gasteiger partial charge on any atom is 0.301 e. The Bertz CT molecular complexity index is 1670. The van der Waals surface area contributed by atoms with Gasteiger partial charge in [-0.15, -0.1) is 10.2 Å². The van der Waals surface area contributed by atoms with Gasteiger partial charge in [0.05, 0.1) is 24.8 Å². The summed E-state index contributed by atoms with van der Waals surface area (Å²) in [6.07, 6.45) is 5.02. The first kappa shape index (κ1) is 33.2. The predicted octanol–water partition coefficient (Wildman–Crippen LogP) is 8.34. The van der Waals surface area contributed by atoms with Gasteiger partial charge >= 0.3 is 5.91 Å². The number of ether oxygens (including phenoxy) is 2. The topological polar surface area (TPSA) is 102 Å². The van der Waals surface area contributed by atoms with Gasteiger partial charge in [0.15, 0.2) is 4.34 Å². The highest BCUT2D eigenvalue weighted by atomic mass is 32.2. The molecule has 46 heavy (non-hydrogen) atoms. The maximum absolute atomic E-state index is 14.2. The number of halogens is 1. The molecule has 1 aliphatic rings. The summed E-state index contributed by atoms with van der Waals surface area (Å²) in [6, 6.07) is 19.5. The lowest BCUT2D eigenvalue weighted by atomic mass is 9.95. The second-order valence-electron chi connectivity index (χ2n) is 10.8. The average molecular weight is 662 g/mol. The minimum absolute atomic E-state index is 0.0583. The van der Waals surface area contributed by atoms with E-state index in [0.717, 1.165) is 43.4 Å². The molecule has 240 valence electrons. The Morgan fingerprint density at radius 1 is 0.891 bits per heavy atom. The van der Waals surface area contributed by atoms with Crippen LogP contribution < -0.4 is 14.4 Å². The number of nitrogens with zero attached hydrogens (tertiary/aromatic N) is 3. The zero-order valence-electron chi connectivity index (χ0n) is 25.8. The zero-order valence-corrected chi connectivity index (χ0v) is 27.4. The van der Waals surface area contributed by atoms with Crippen LogP contribution in [-0.4, -0.2) is 40.2 Å². The quantitative estimate of drug-likeness (QED) is 0.0339. The molecule has 1 aliphatic heterocycles. The van der Waals surface area contributed by atoms with Crippen LogP contribution in [0.4, 0.5) is 9.52 Å². The van der Waals surface area contributed by atoms with Crippen LogP contribution in [0.1, 0.15) is 68.7 Å². The molecule has 0 radical (unpaired) electrons. The number of Topliss-reactive ketones (excluding diaryl/α,β-unsaturated/α-hetero) is 1. The SMILES string of the molecule is CCCCCOc1ccc(C2/C(=C(/O)c3ccc(OCCCC)cc3)C(=O)C(=O)N2c2nnc(SCc3ccccc3F)s2)cc1. The van der Waals surface area contributed by atoms with Crippen LogP contribution >= 0.6 is 23.1 Å². The number of carbonyl (C=O) groups is 2. The number of unbranched alkanes of at least 4 members (excludes halogenated alkanes) is 3. The average Bonchev–Trinajstić information content (AvgIpc) is 3.64. The molecule has 0 aliphatic carbocycles. The molecule has 0 spiro atoms. The standard InChI is InChI=1S/C35H36FN3O5S2/c1-3-5-9-21-44-26-16-12-23(13-17-26)30-29(31(40)24-14-18-27(19-15-24)43-20-6-4-2)32(41)33(42)39(30)34-37-38-35(46-34)45-22-25-10-7-8-11-28(25)36/h7-8,10-19,30,40H,3-6,9,20-22H2,1-2H3/b31-29-. The van der Waals surface area contributed by atoms with Gasteiger partial charge in [-0.25, -0.2) is 4.39 Å². The number of hydrogen-bond donors (Lipinski definition) is 1. The number of rotatable bonds is 15. The van der Waals surface area contributed by atoms with Gasteiger partial charge in [-0.1, -0.05) is 86.5 Å². The molecular weight excluding hydrogens is 626 g/mol. The highest BCUT2D eigenvalue weighted by Crippen LogP contribution is 2.44. The third-order valence-corrected chi connectivity index (χ3v) is 9.57. The van der Waals surface area contributed by atoms with Gasteiger partial charge in [0, 0.05) is 11.3 Å². The highest BCUT2D eigenvalue weighted by Gasteiger charge is 2.48. The van der Waals surface area contributed by atoms with E-state index in [9.17, 15) is 19.1 Å². The van der Waals surface area contributed by atoms with E-state index in [-0.39, 0.29) is 22.3 Å². The Kier molecular flexibility index (Phi) is 11.4. The monoisotopic (exact) mass is 661 g/mol. The first-order valence-corrected chi connectivity index (χ1v) is 17.2. The van der Waals surface area contributed by atoms with Crippen molar-refractivity contribution in [3.8, 4) is 11.5 Å². The summed E-state index contributed by atoms with van der Waals surface area (Å²) >= 11 is 2.41. The molecular formula is C35H36FN3O5S2. The number of carbonyl (C=O) groups excluding carboxylic acids is 2. The molecule has 2 heterocycles. The highest BCUT2D eigenvalue weighted by molar-refractivity contribution is 8.00. The van der Waals surface area contributed by atoms with Crippen molar-refractivity contribution in [1.82, 2.24) is 10.2 Å². The van der Waals surface area contributed by atoms with Gasteiger partial charge in [-0.3, -0.25) is 14.5 Å². The lowest BCUT2D eigenvalue weighted by Crippen LogP contribution is -2.29. The van der Waals surface area contributed by atoms with Crippen molar-refractivity contribution in [2.45, 2.75) is 62.1 Å². The van der Waals surface area contributed by atoms with E-state index < -0.39 is 17.7 Å². The second-order valence-corrected chi connectivity index (χ2v) is 12.9. The molecule has 1 aromatic heterocycles. The van der Waals surface area contributed by atoms with Crippen LogP contribution in [0.3, 0.4) is 0 Å². The summed E-state index contributed by atoms with van der Waals surface area (Å²) in [4.78, 5) is 28.5. The van der Waals surface area contributed by atoms with Gasteiger partial charge in [-0.2, -0.15) is 0 Å². The normalized spacial score (nSPS) is 15.8. The maximum atomic E-state index is 14.2. The van der Waals surface area contributed by atoms with Gasteiger partial charge in [0.2, 0.25) is 5.13 Å². The molecule has 4 aromatic rings. The molecule has 1 unspecified atom stereocenters. The van der Waals surface area contributed by atoms with Gasteiger partial charge in [0.1, 0.15) is 23.1 Å². The minimum Gasteiger partial charge on any atom is -0.507 e. The summed E-state index contributed by atoms with van der Waals surface area (Å²) in [5.41, 5.74) is 1.43. The lowest BCUT2D eigenvalue weighted by Gasteiger charge is -2.22. The van der Waals surface area contributed by atoms with Crippen molar-refractivity contribution in [2.75, 3.05) is 18.1 Å². The third-order valence-electron chi connectivity index (χ3n) is 7.46. The lowest BCUT2D eigenvalue weighted by molar-refractivity contribution is -0.132. The largest absolute Gasteiger partial charge is 0.507 e. The van der Waals surface area contributed by atoms with Crippen molar-refractivity contribution < 1.29 is 28.6 Å². The Balaban J connectivity index is 1.47. The van der Waals surface area contributed by atoms with Gasteiger partial charge in [0.25, 0.3) is 5.78 Å². The summed E-state index contributed by atoms with van der Waals surface area (Å²) < 4.78 is 26.3. The molecule has 1 N–H and O–H groups in total. The summed E-state index contributed by atoms with van der Waals surface area (Å²) in [7, 11) is 0. The molecule has 8 nitrogen and oxygen atoms in total. The van der Waals surface area contributed by atoms with E-state index in [4.69, 9.17) is 9.47 Å². The van der Waals surface area contributed by atoms with E-state index in [2.05, 4.69) is 24.0 Å². The van der Waals surface area contributed by atoms with Crippen LogP contribution in [0.2, 0.25) is 0 Å². The summed E-state index contributed by atoms with van der Waals surface area (Å²) in [5.74, 6) is -0.645. The fourth-order valence-electron chi connectivity index (χ4n) is 4.95. The molecule has 1 saturated heterocycles. The summed E-state index contributed by atoms with van der Waals surface area (Å²) in [6.45, 7) is 5.37. The molecule has 3 aromatic carbocycles. The van der Waals surface area contributed by atoms with Gasteiger partial charge in [-0.05, 0) is 66.4 Å². The van der Waals surface area contributed by atoms with E-state index in [1.807, 2.05) is 0 Å². The molecule has 0 saturated carbocycles. The Labute approximate surface area is 276 Å². The number of aromatic nitrogens is 2. The Morgan fingerprint density at radius 2 is 1.54 bits per heavy atom. The Morgan fingerprint density at radius 3 is 2.22 bits per heavy atom. The van der Waals surface area contributed by atoms with Crippen molar-refractivity contribution in [2.24, 2.45) is 0 Å². The van der Waals surface area contributed by atoms with Crippen molar-refractivity contribution in [3.63, 3.8) is 0 Å². The molecule has 1 atom stereocenters. The number of thioether (sulfide) groups is 1. The number of benzene rings is 3. The van der Waals surface area contributed by atoms with E-state index in [0.29, 0.717) is 51.5 Å². The number of aliphatic hydroxyl groups excluding tert-OH is 1. The second kappa shape index (κ2) is 15.9. The third kappa shape index (κ3) is 7.76. The van der Waals surface area contributed by atoms with E-state index in [1.54, 1.807) is 66.7 Å². The molecule has 5 rings (SSSR count). The van der Waals surface area contributed by atoms with Gasteiger partial charge < -0.3 is 14.6 Å². The zero-order chi connectivity index (χ0) is 32.5. The number of amides is 1. The number of ketones is 1. The number of anilines is 1. The first-order chi connectivity index (χ1) is 22.4. The van der Waals surface area contributed by atoms with Crippen LogP contribution in [0.15, 0.2) is 82.7 Å². The minimum atomic E-state index is -0.966. The van der Waals surface area contributed by atoms with Crippen LogP contribution in [-0.2, 0) is 15.3 Å². The molecule has 11 heteroatoms. The fraction of sp³-hybridized carbons (Fsp3) is 0.314. The van der Waals surface area contributed by atoms with Crippen LogP contribution in [0.25, 0.3) is 5.76 Å². The van der Waals surface area contributed by atoms with Crippen molar-refractivity contribution in [1.29, 1.82) is 0 Å². The van der Waals surface area contributed by atoms with Crippen LogP contribution in [0, 0.1) is 5.82 Å². The fourth-order valence-corrected chi connectivity index (χ4v) is 6.80. The van der Waals surface area contributed by atoms with Crippen molar-refractivity contribution in [3.05, 3.63) is 101 Å². The van der Waals surface area contributed by atoms with E-state index >= 15 is 0 Å². The molecule has 0 bridgehead atoms. The number of hydrogen-bond acceptors (Lipinski definition) is 9. The smallest absolute Gasteiger partial charge is 0.301 e. The summed E-state index contributed by atoms with van der Waals surface area (Å²) in [5, 5.41) is 20.2. The Hall–Kier alpha value is -4.22. The number of aliphatic hydroxyl groups is 1. The van der Waals surface area contributed by atoms with E-state index in [1.165, 1.54) is 22.7 Å². The molecule has 1 amide bonds.